The first-order valence-corrected chi connectivity index (χ1v) is 8.88. The molecule has 3 aromatic rings. The summed E-state index contributed by atoms with van der Waals surface area (Å²) in [5.41, 5.74) is 1.15. The SMILES string of the molecule is C#CCOc1ccc(Nc2ccnc(Cl)c2-c2ccc(F)cc2Cl)c([N+](=O)[O-])c1. The number of nitrogens with zero attached hydrogens (tertiary/aromatic N) is 2. The third kappa shape index (κ3) is 4.57. The lowest BCUT2D eigenvalue weighted by Gasteiger charge is -2.15. The standard InChI is InChI=1S/C20H12Cl2FN3O3/c1-2-9-29-13-4-6-16(18(11-13)26(27)28)25-17-7-8-24-20(22)19(17)14-5-3-12(23)10-15(14)21/h1,3-8,10-11H,9H2,(H,24,25). The van der Waals surface area contributed by atoms with Crippen molar-refractivity contribution < 1.29 is 14.1 Å². The van der Waals surface area contributed by atoms with E-state index in [0.717, 1.165) is 6.07 Å². The minimum absolute atomic E-state index is 0.0168. The highest BCUT2D eigenvalue weighted by Crippen LogP contribution is 2.40. The molecule has 0 atom stereocenters. The second-order valence-corrected chi connectivity index (χ2v) is 6.47. The van der Waals surface area contributed by atoms with Gasteiger partial charge >= 0.3 is 0 Å². The Morgan fingerprint density at radius 1 is 1.21 bits per heavy atom. The molecule has 146 valence electrons. The van der Waals surface area contributed by atoms with E-state index in [9.17, 15) is 14.5 Å². The number of ether oxygens (including phenoxy) is 1. The summed E-state index contributed by atoms with van der Waals surface area (Å²) in [4.78, 5) is 15.0. The number of pyridine rings is 1. The smallest absolute Gasteiger partial charge is 0.296 e. The molecule has 3 rings (SSSR count). The minimum atomic E-state index is -0.557. The van der Waals surface area contributed by atoms with Gasteiger partial charge in [-0.25, -0.2) is 9.37 Å². The van der Waals surface area contributed by atoms with Gasteiger partial charge in [-0.2, -0.15) is 0 Å². The summed E-state index contributed by atoms with van der Waals surface area (Å²) >= 11 is 12.4. The van der Waals surface area contributed by atoms with Gasteiger partial charge in [0.15, 0.2) is 0 Å². The second kappa shape index (κ2) is 8.78. The molecular formula is C20H12Cl2FN3O3. The van der Waals surface area contributed by atoms with Crippen LogP contribution in [0.3, 0.4) is 0 Å². The van der Waals surface area contributed by atoms with Crippen molar-refractivity contribution >= 4 is 40.3 Å². The van der Waals surface area contributed by atoms with Crippen LogP contribution in [0.15, 0.2) is 48.7 Å². The molecule has 6 nitrogen and oxygen atoms in total. The molecule has 0 unspecified atom stereocenters. The van der Waals surface area contributed by atoms with Crippen LogP contribution in [0.1, 0.15) is 0 Å². The molecule has 0 amide bonds. The maximum Gasteiger partial charge on any atom is 0.296 e. The number of benzene rings is 2. The van der Waals surface area contributed by atoms with Crippen molar-refractivity contribution in [3.63, 3.8) is 0 Å². The van der Waals surface area contributed by atoms with E-state index in [4.69, 9.17) is 34.4 Å². The normalized spacial score (nSPS) is 10.3. The Kier molecular flexibility index (Phi) is 6.17. The predicted octanol–water partition coefficient (Wildman–Crippen LogP) is 5.86. The van der Waals surface area contributed by atoms with Gasteiger partial charge in [0.2, 0.25) is 0 Å². The van der Waals surface area contributed by atoms with Crippen LogP contribution >= 0.6 is 23.2 Å². The molecule has 0 bridgehead atoms. The lowest BCUT2D eigenvalue weighted by atomic mass is 10.1. The monoisotopic (exact) mass is 431 g/mol. The Hall–Kier alpha value is -3.34. The average molecular weight is 432 g/mol. The topological polar surface area (TPSA) is 77.3 Å². The number of rotatable bonds is 6. The molecule has 0 aliphatic heterocycles. The van der Waals surface area contributed by atoms with Crippen molar-refractivity contribution in [2.45, 2.75) is 0 Å². The average Bonchev–Trinajstić information content (AvgIpc) is 2.68. The van der Waals surface area contributed by atoms with Crippen molar-refractivity contribution in [1.29, 1.82) is 0 Å². The number of nitro groups is 1. The summed E-state index contributed by atoms with van der Waals surface area (Å²) in [5, 5.41) is 14.7. The summed E-state index contributed by atoms with van der Waals surface area (Å²) < 4.78 is 18.7. The van der Waals surface area contributed by atoms with Crippen molar-refractivity contribution in [3.8, 4) is 29.2 Å². The van der Waals surface area contributed by atoms with E-state index in [0.29, 0.717) is 16.8 Å². The zero-order valence-corrected chi connectivity index (χ0v) is 16.2. The Morgan fingerprint density at radius 3 is 2.69 bits per heavy atom. The second-order valence-electron chi connectivity index (χ2n) is 5.70. The molecule has 0 saturated heterocycles. The van der Waals surface area contributed by atoms with Crippen molar-refractivity contribution in [3.05, 3.63) is 74.8 Å². The fourth-order valence-corrected chi connectivity index (χ4v) is 3.14. The molecule has 0 radical (unpaired) electrons. The van der Waals surface area contributed by atoms with Crippen LogP contribution in [-0.4, -0.2) is 16.5 Å². The molecule has 0 aliphatic rings. The Bertz CT molecular complexity index is 1130. The van der Waals surface area contributed by atoms with E-state index in [1.807, 2.05) is 0 Å². The van der Waals surface area contributed by atoms with Gasteiger partial charge in [0, 0.05) is 17.3 Å². The molecule has 1 aromatic heterocycles. The summed E-state index contributed by atoms with van der Waals surface area (Å²) in [7, 11) is 0. The van der Waals surface area contributed by atoms with Crippen LogP contribution in [0.25, 0.3) is 11.1 Å². The number of hydrogen-bond acceptors (Lipinski definition) is 5. The summed E-state index contributed by atoms with van der Waals surface area (Å²) in [6.45, 7) is -0.0168. The van der Waals surface area contributed by atoms with E-state index in [-0.39, 0.29) is 33.9 Å². The molecule has 0 saturated carbocycles. The first-order chi connectivity index (χ1) is 13.9. The van der Waals surface area contributed by atoms with Crippen molar-refractivity contribution in [2.75, 3.05) is 11.9 Å². The quantitative estimate of drug-likeness (QED) is 0.229. The van der Waals surface area contributed by atoms with Crippen LogP contribution < -0.4 is 10.1 Å². The fourth-order valence-electron chi connectivity index (χ4n) is 2.62. The Labute approximate surface area is 175 Å². The van der Waals surface area contributed by atoms with Gasteiger partial charge < -0.3 is 10.1 Å². The lowest BCUT2D eigenvalue weighted by Crippen LogP contribution is -2.01. The maximum atomic E-state index is 13.4. The molecule has 29 heavy (non-hydrogen) atoms. The predicted molar refractivity (Wildman–Crippen MR) is 110 cm³/mol. The third-order valence-corrected chi connectivity index (χ3v) is 4.46. The minimum Gasteiger partial charge on any atom is -0.481 e. The summed E-state index contributed by atoms with van der Waals surface area (Å²) in [6.07, 6.45) is 6.57. The van der Waals surface area contributed by atoms with Crippen LogP contribution in [0.5, 0.6) is 5.75 Å². The Morgan fingerprint density at radius 2 is 2.00 bits per heavy atom. The van der Waals surface area contributed by atoms with Crippen LogP contribution in [0, 0.1) is 28.3 Å². The number of nitrogens with one attached hydrogen (secondary N) is 1. The molecule has 9 heteroatoms. The van der Waals surface area contributed by atoms with Crippen LogP contribution in [0.4, 0.5) is 21.5 Å². The molecule has 0 spiro atoms. The first-order valence-electron chi connectivity index (χ1n) is 8.12. The summed E-state index contributed by atoms with van der Waals surface area (Å²) in [6, 6.07) is 9.68. The molecule has 0 fully saturated rings. The maximum absolute atomic E-state index is 13.4. The van der Waals surface area contributed by atoms with E-state index in [2.05, 4.69) is 16.2 Å². The number of terminal acetylenes is 1. The zero-order chi connectivity index (χ0) is 21.0. The number of halogens is 3. The highest BCUT2D eigenvalue weighted by atomic mass is 35.5. The van der Waals surface area contributed by atoms with Gasteiger partial charge in [0.05, 0.1) is 21.7 Å². The highest BCUT2D eigenvalue weighted by molar-refractivity contribution is 6.36. The molecule has 2 aromatic carbocycles. The summed E-state index contributed by atoms with van der Waals surface area (Å²) in [5.74, 6) is 2.04. The van der Waals surface area contributed by atoms with Crippen molar-refractivity contribution in [1.82, 2.24) is 4.98 Å². The van der Waals surface area contributed by atoms with Gasteiger partial charge in [-0.15, -0.1) is 6.42 Å². The zero-order valence-electron chi connectivity index (χ0n) is 14.7. The Balaban J connectivity index is 2.07. The number of anilines is 2. The molecular weight excluding hydrogens is 420 g/mol. The van der Waals surface area contributed by atoms with E-state index >= 15 is 0 Å². The van der Waals surface area contributed by atoms with Gasteiger partial charge in [0.25, 0.3) is 5.69 Å². The number of aromatic nitrogens is 1. The largest absolute Gasteiger partial charge is 0.481 e. The van der Waals surface area contributed by atoms with E-state index in [1.54, 1.807) is 12.1 Å². The first kappa shape index (κ1) is 20.4. The highest BCUT2D eigenvalue weighted by Gasteiger charge is 2.19. The number of nitro benzene ring substituents is 1. The van der Waals surface area contributed by atoms with Gasteiger partial charge in [-0.3, -0.25) is 10.1 Å². The van der Waals surface area contributed by atoms with Crippen molar-refractivity contribution in [2.24, 2.45) is 0 Å². The van der Waals surface area contributed by atoms with E-state index in [1.165, 1.54) is 30.5 Å². The van der Waals surface area contributed by atoms with Gasteiger partial charge in [-0.1, -0.05) is 29.1 Å². The van der Waals surface area contributed by atoms with Crippen LogP contribution in [-0.2, 0) is 0 Å². The van der Waals surface area contributed by atoms with Gasteiger partial charge in [0.1, 0.15) is 29.0 Å². The van der Waals surface area contributed by atoms with E-state index < -0.39 is 10.7 Å². The third-order valence-electron chi connectivity index (χ3n) is 3.86. The molecule has 0 aliphatic carbocycles. The van der Waals surface area contributed by atoms with Crippen LogP contribution in [0.2, 0.25) is 10.2 Å². The number of hydrogen-bond donors (Lipinski definition) is 1. The lowest BCUT2D eigenvalue weighted by molar-refractivity contribution is -0.384. The fraction of sp³-hybridized carbons (Fsp3) is 0.0500. The van der Waals surface area contributed by atoms with Gasteiger partial charge in [-0.05, 0) is 36.4 Å². The molecule has 1 N–H and O–H groups in total. The molecule has 1 heterocycles.